The quantitative estimate of drug-likeness (QED) is 0.0792. The van der Waals surface area contributed by atoms with Gasteiger partial charge in [-0.2, -0.15) is 0 Å². The van der Waals surface area contributed by atoms with Crippen LogP contribution in [-0.4, -0.2) is 78.0 Å². The summed E-state index contributed by atoms with van der Waals surface area (Å²) >= 11 is 0. The minimum atomic E-state index is 0.417. The van der Waals surface area contributed by atoms with Gasteiger partial charge in [-0.15, -0.1) is 0 Å². The Labute approximate surface area is 371 Å². The van der Waals surface area contributed by atoms with Gasteiger partial charge in [0.15, 0.2) is 0 Å². The minimum absolute atomic E-state index is 0.417. The van der Waals surface area contributed by atoms with Gasteiger partial charge in [0.2, 0.25) is 0 Å². The molecule has 10 nitrogen and oxygen atoms in total. The molecular formula is C54H45N7O3. The largest absolute Gasteiger partial charge is 0.490 e. The Morgan fingerprint density at radius 1 is 0.344 bits per heavy atom. The maximum Gasteiger partial charge on any atom is 0.144 e. The number of aliphatic imine (C=N–C) groups is 3. The van der Waals surface area contributed by atoms with Crippen molar-refractivity contribution >= 4 is 68.4 Å². The number of rotatable bonds is 18. The zero-order valence-corrected chi connectivity index (χ0v) is 35.2. The molecular weight excluding hydrogens is 795 g/mol. The van der Waals surface area contributed by atoms with Gasteiger partial charge < -0.3 is 14.2 Å². The van der Waals surface area contributed by atoms with Crippen molar-refractivity contribution in [2.45, 2.75) is 0 Å². The van der Waals surface area contributed by atoms with Crippen LogP contribution in [0.25, 0.3) is 32.7 Å². The van der Waals surface area contributed by atoms with Crippen molar-refractivity contribution in [3.8, 4) is 17.2 Å². The molecule has 0 aliphatic carbocycles. The Bertz CT molecular complexity index is 2770. The maximum atomic E-state index is 6.39. The number of pyridine rings is 3. The van der Waals surface area contributed by atoms with Crippen LogP contribution >= 0.6 is 0 Å². The van der Waals surface area contributed by atoms with E-state index in [0.717, 1.165) is 66.9 Å². The average Bonchev–Trinajstić information content (AvgIpc) is 3.35. The fourth-order valence-corrected chi connectivity index (χ4v) is 7.12. The van der Waals surface area contributed by atoms with Gasteiger partial charge in [0.05, 0.1) is 52.3 Å². The van der Waals surface area contributed by atoms with E-state index in [9.17, 15) is 0 Å². The molecule has 0 aliphatic heterocycles. The predicted molar refractivity (Wildman–Crippen MR) is 259 cm³/mol. The maximum absolute atomic E-state index is 6.39. The zero-order valence-electron chi connectivity index (χ0n) is 35.2. The Morgan fingerprint density at radius 3 is 0.984 bits per heavy atom. The molecule has 0 saturated carbocycles. The fraction of sp³-hybridized carbons (Fsp3) is 0.111. The van der Waals surface area contributed by atoms with E-state index in [-0.39, 0.29) is 0 Å². The van der Waals surface area contributed by atoms with Gasteiger partial charge in [-0.3, -0.25) is 19.9 Å². The first-order chi connectivity index (χ1) is 31.7. The van der Waals surface area contributed by atoms with E-state index in [1.54, 1.807) is 18.6 Å². The molecule has 0 saturated heterocycles. The molecule has 3 heterocycles. The van der Waals surface area contributed by atoms with E-state index in [1.165, 1.54) is 0 Å². The number of aromatic nitrogens is 3. The second kappa shape index (κ2) is 20.7. The predicted octanol–water partition coefficient (Wildman–Crippen LogP) is 11.4. The Hall–Kier alpha value is -8.08. The molecule has 0 spiro atoms. The first kappa shape index (κ1) is 41.3. The smallest absolute Gasteiger partial charge is 0.144 e. The van der Waals surface area contributed by atoms with Crippen molar-refractivity contribution in [2.75, 3.05) is 39.5 Å². The van der Waals surface area contributed by atoms with Gasteiger partial charge in [0, 0.05) is 35.8 Å². The van der Waals surface area contributed by atoms with E-state index < -0.39 is 0 Å². The summed E-state index contributed by atoms with van der Waals surface area (Å²) in [6.07, 6.45) is 5.32. The molecule has 0 N–H and O–H groups in total. The van der Waals surface area contributed by atoms with Crippen LogP contribution in [0.3, 0.4) is 0 Å². The summed E-state index contributed by atoms with van der Waals surface area (Å²) < 4.78 is 19.2. The minimum Gasteiger partial charge on any atom is -0.490 e. The second-order valence-electron chi connectivity index (χ2n) is 14.9. The van der Waals surface area contributed by atoms with Crippen LogP contribution in [0.4, 0.5) is 17.1 Å². The van der Waals surface area contributed by atoms with Crippen molar-refractivity contribution in [3.63, 3.8) is 0 Å². The summed E-state index contributed by atoms with van der Waals surface area (Å²) in [5.74, 6) is 2.06. The van der Waals surface area contributed by atoms with Crippen LogP contribution in [0.1, 0.15) is 17.1 Å². The average molecular weight is 840 g/mol. The summed E-state index contributed by atoms with van der Waals surface area (Å²) in [6, 6.07) is 59.6. The van der Waals surface area contributed by atoms with Crippen LogP contribution in [-0.2, 0) is 0 Å². The van der Waals surface area contributed by atoms with Crippen molar-refractivity contribution in [1.82, 2.24) is 19.9 Å². The number of ether oxygens (including phenoxy) is 3. The monoisotopic (exact) mass is 839 g/mol. The SMILES string of the molecule is C(=Nc1ccccc1OCCN(CCOc1ccccc1N=Cc1ccc2ccccc2n1)CCOc1ccccc1N=Cc1ccc2ccccc2n1)c1ccc2ccccc2n1. The van der Waals surface area contributed by atoms with E-state index in [0.29, 0.717) is 56.7 Å². The molecule has 0 aliphatic rings. The molecule has 3 aromatic heterocycles. The van der Waals surface area contributed by atoms with E-state index in [1.807, 2.05) is 164 Å². The Morgan fingerprint density at radius 2 is 0.641 bits per heavy atom. The lowest BCUT2D eigenvalue weighted by atomic mass is 10.2. The van der Waals surface area contributed by atoms with Gasteiger partial charge >= 0.3 is 0 Å². The third kappa shape index (κ3) is 10.9. The molecule has 0 fully saturated rings. The van der Waals surface area contributed by atoms with Crippen LogP contribution < -0.4 is 14.2 Å². The van der Waals surface area contributed by atoms with Crippen molar-refractivity contribution < 1.29 is 14.2 Å². The molecule has 0 amide bonds. The molecule has 0 atom stereocenters. The molecule has 10 heteroatoms. The number of para-hydroxylation sites is 9. The second-order valence-corrected chi connectivity index (χ2v) is 14.9. The Kier molecular flexibility index (Phi) is 13.3. The van der Waals surface area contributed by atoms with Gasteiger partial charge in [-0.05, 0) is 72.8 Å². The lowest BCUT2D eigenvalue weighted by Crippen LogP contribution is -2.35. The fourth-order valence-electron chi connectivity index (χ4n) is 7.12. The molecule has 9 aromatic rings. The number of fused-ring (bicyclic) bond motifs is 3. The highest BCUT2D eigenvalue weighted by atomic mass is 16.5. The third-order valence-electron chi connectivity index (χ3n) is 10.5. The van der Waals surface area contributed by atoms with Gasteiger partial charge in [-0.1, -0.05) is 109 Å². The van der Waals surface area contributed by atoms with Crippen LogP contribution in [0, 0.1) is 0 Å². The molecule has 0 bridgehead atoms. The van der Waals surface area contributed by atoms with E-state index in [4.69, 9.17) is 44.1 Å². The summed E-state index contributed by atoms with van der Waals surface area (Å²) in [6.45, 7) is 3.08. The summed E-state index contributed by atoms with van der Waals surface area (Å²) in [5, 5.41) is 3.26. The molecule has 0 unspecified atom stereocenters. The number of hydrogen-bond acceptors (Lipinski definition) is 10. The normalized spacial score (nSPS) is 11.8. The third-order valence-corrected chi connectivity index (χ3v) is 10.5. The number of benzene rings is 6. The summed E-state index contributed by atoms with van der Waals surface area (Å²) in [4.78, 5) is 30.8. The summed E-state index contributed by atoms with van der Waals surface area (Å²) in [7, 11) is 0. The first-order valence-electron chi connectivity index (χ1n) is 21.3. The molecule has 0 radical (unpaired) electrons. The topological polar surface area (TPSA) is 107 Å². The Balaban J connectivity index is 0.864. The van der Waals surface area contributed by atoms with Gasteiger partial charge in [0.25, 0.3) is 0 Å². The highest BCUT2D eigenvalue weighted by Crippen LogP contribution is 2.29. The number of nitrogens with zero attached hydrogens (tertiary/aromatic N) is 7. The molecule has 64 heavy (non-hydrogen) atoms. The van der Waals surface area contributed by atoms with Gasteiger partial charge in [0.1, 0.15) is 54.1 Å². The molecule has 9 rings (SSSR count). The van der Waals surface area contributed by atoms with E-state index >= 15 is 0 Å². The standard InChI is InChI=1S/C54H45N7O3/c1-4-16-46-40(13-1)25-28-43(58-46)37-55-49-19-7-10-22-52(49)62-34-31-61(32-35-63-53-23-11-8-20-50(53)56-38-44-29-26-41-14-2-5-17-47(41)59-44)33-36-64-54-24-12-9-21-51(54)57-39-45-30-27-42-15-3-6-18-48(42)60-45/h1-30,37-39H,31-36H2. The lowest BCUT2D eigenvalue weighted by Gasteiger charge is -2.23. The number of hydrogen-bond donors (Lipinski definition) is 0. The van der Waals surface area contributed by atoms with E-state index in [2.05, 4.69) is 23.1 Å². The van der Waals surface area contributed by atoms with Crippen molar-refractivity contribution in [3.05, 3.63) is 199 Å². The lowest BCUT2D eigenvalue weighted by molar-refractivity contribution is 0.154. The highest BCUT2D eigenvalue weighted by molar-refractivity contribution is 5.88. The molecule has 314 valence electrons. The van der Waals surface area contributed by atoms with Gasteiger partial charge in [-0.25, -0.2) is 15.0 Å². The summed E-state index contributed by atoms with van der Waals surface area (Å²) in [5.41, 5.74) is 7.27. The van der Waals surface area contributed by atoms with Crippen LogP contribution in [0.15, 0.2) is 197 Å². The zero-order chi connectivity index (χ0) is 43.2. The molecule has 6 aromatic carbocycles. The van der Waals surface area contributed by atoms with Crippen LogP contribution in [0.5, 0.6) is 17.2 Å². The highest BCUT2D eigenvalue weighted by Gasteiger charge is 2.11. The van der Waals surface area contributed by atoms with Crippen LogP contribution in [0.2, 0.25) is 0 Å². The first-order valence-corrected chi connectivity index (χ1v) is 21.3. The van der Waals surface area contributed by atoms with Crippen molar-refractivity contribution in [2.24, 2.45) is 15.0 Å². The van der Waals surface area contributed by atoms with Crippen molar-refractivity contribution in [1.29, 1.82) is 0 Å².